The van der Waals surface area contributed by atoms with E-state index >= 15 is 0 Å². The van der Waals surface area contributed by atoms with Gasteiger partial charge in [-0.3, -0.25) is 4.79 Å². The summed E-state index contributed by atoms with van der Waals surface area (Å²) in [5.41, 5.74) is 0. The van der Waals surface area contributed by atoms with Gasteiger partial charge in [-0.1, -0.05) is 32.6 Å². The average Bonchev–Trinajstić information content (AvgIpc) is 2.28. The fourth-order valence-corrected chi connectivity index (χ4v) is 1.51. The molecule has 18 heavy (non-hydrogen) atoms. The number of halogens is 3. The van der Waals surface area contributed by atoms with Crippen LogP contribution in [0, 0.1) is 0 Å². The maximum absolute atomic E-state index is 11.8. The maximum atomic E-state index is 11.8. The lowest BCUT2D eigenvalue weighted by atomic mass is 10.1. The van der Waals surface area contributed by atoms with Crippen LogP contribution in [0.2, 0.25) is 0 Å². The Balaban J connectivity index is 3.53. The van der Waals surface area contributed by atoms with E-state index in [2.05, 4.69) is 12.2 Å². The molecule has 0 aliphatic carbocycles. The fourth-order valence-electron chi connectivity index (χ4n) is 1.51. The first-order valence-electron chi connectivity index (χ1n) is 6.42. The number of hydrogen-bond donors (Lipinski definition) is 2. The molecule has 2 N–H and O–H groups in total. The van der Waals surface area contributed by atoms with Crippen molar-refractivity contribution in [3.05, 3.63) is 0 Å². The van der Waals surface area contributed by atoms with Crippen LogP contribution < -0.4 is 10.6 Å². The summed E-state index contributed by atoms with van der Waals surface area (Å²) in [5, 5.41) is 4.74. The number of alkyl halides is 3. The average molecular weight is 268 g/mol. The van der Waals surface area contributed by atoms with E-state index < -0.39 is 18.6 Å². The van der Waals surface area contributed by atoms with Crippen LogP contribution in [0.25, 0.3) is 0 Å². The predicted molar refractivity (Wildman–Crippen MR) is 65.3 cm³/mol. The molecule has 0 spiro atoms. The van der Waals surface area contributed by atoms with Gasteiger partial charge >= 0.3 is 6.18 Å². The molecule has 0 saturated carbocycles. The summed E-state index contributed by atoms with van der Waals surface area (Å²) >= 11 is 0. The quantitative estimate of drug-likeness (QED) is 0.631. The summed E-state index contributed by atoms with van der Waals surface area (Å²) in [5.74, 6) is -0.618. The van der Waals surface area contributed by atoms with Crippen molar-refractivity contribution in [1.29, 1.82) is 0 Å². The van der Waals surface area contributed by atoms with E-state index in [0.29, 0.717) is 0 Å². The van der Waals surface area contributed by atoms with E-state index in [9.17, 15) is 18.0 Å². The minimum atomic E-state index is -4.35. The van der Waals surface area contributed by atoms with Gasteiger partial charge in [0.15, 0.2) is 0 Å². The van der Waals surface area contributed by atoms with E-state index in [1.807, 2.05) is 12.2 Å². The van der Waals surface area contributed by atoms with Crippen LogP contribution in [0.1, 0.15) is 46.0 Å². The van der Waals surface area contributed by atoms with Crippen LogP contribution in [0.5, 0.6) is 0 Å². The lowest BCUT2D eigenvalue weighted by Crippen LogP contribution is -2.41. The van der Waals surface area contributed by atoms with E-state index in [0.717, 1.165) is 19.3 Å². The number of unbranched alkanes of at least 4 members (excludes halogenated alkanes) is 3. The minimum Gasteiger partial charge on any atom is -0.346 e. The van der Waals surface area contributed by atoms with Crippen LogP contribution in [-0.2, 0) is 4.79 Å². The minimum absolute atomic E-state index is 0.0645. The van der Waals surface area contributed by atoms with Crippen LogP contribution in [0.15, 0.2) is 0 Å². The Labute approximate surface area is 107 Å². The molecule has 0 rings (SSSR count). The van der Waals surface area contributed by atoms with E-state index in [1.54, 1.807) is 0 Å². The van der Waals surface area contributed by atoms with Crippen molar-refractivity contribution in [3.63, 3.8) is 0 Å². The topological polar surface area (TPSA) is 41.1 Å². The first-order valence-corrected chi connectivity index (χ1v) is 6.42. The number of amides is 1. The van der Waals surface area contributed by atoms with Crippen LogP contribution >= 0.6 is 0 Å². The third-order valence-electron chi connectivity index (χ3n) is 2.59. The van der Waals surface area contributed by atoms with Crippen LogP contribution in [0.3, 0.4) is 0 Å². The Kier molecular flexibility index (Phi) is 8.79. The Morgan fingerprint density at radius 2 is 1.89 bits per heavy atom. The van der Waals surface area contributed by atoms with Gasteiger partial charge in [-0.15, -0.1) is 0 Å². The van der Waals surface area contributed by atoms with Gasteiger partial charge in [0, 0.05) is 6.04 Å². The third-order valence-corrected chi connectivity index (χ3v) is 2.59. The molecule has 0 aromatic rings. The SMILES string of the molecule is CCCCCCC(C)NCC(=O)NCC(F)(F)F. The Hall–Kier alpha value is -0.780. The second-order valence-corrected chi connectivity index (χ2v) is 4.52. The second-order valence-electron chi connectivity index (χ2n) is 4.52. The number of carbonyl (C=O) groups is 1. The smallest absolute Gasteiger partial charge is 0.346 e. The van der Waals surface area contributed by atoms with Crippen molar-refractivity contribution in [3.8, 4) is 0 Å². The highest BCUT2D eigenvalue weighted by atomic mass is 19.4. The molecule has 108 valence electrons. The highest BCUT2D eigenvalue weighted by Crippen LogP contribution is 2.11. The Morgan fingerprint density at radius 1 is 1.22 bits per heavy atom. The Bertz CT molecular complexity index is 232. The van der Waals surface area contributed by atoms with Gasteiger partial charge in [0.2, 0.25) is 5.91 Å². The molecule has 0 aliphatic rings. The predicted octanol–water partition coefficient (Wildman–Crippen LogP) is 2.61. The summed E-state index contributed by atoms with van der Waals surface area (Å²) < 4.78 is 35.5. The molecule has 0 aromatic heterocycles. The van der Waals surface area contributed by atoms with Crippen molar-refractivity contribution < 1.29 is 18.0 Å². The first-order chi connectivity index (χ1) is 8.35. The lowest BCUT2D eigenvalue weighted by molar-refractivity contribution is -0.137. The van der Waals surface area contributed by atoms with Crippen molar-refractivity contribution in [2.24, 2.45) is 0 Å². The van der Waals surface area contributed by atoms with E-state index in [-0.39, 0.29) is 12.6 Å². The number of rotatable bonds is 9. The highest BCUT2D eigenvalue weighted by Gasteiger charge is 2.27. The Morgan fingerprint density at radius 3 is 2.44 bits per heavy atom. The summed E-state index contributed by atoms with van der Waals surface area (Å²) in [6.45, 7) is 2.74. The molecule has 1 atom stereocenters. The highest BCUT2D eigenvalue weighted by molar-refractivity contribution is 5.78. The third kappa shape index (κ3) is 11.7. The zero-order valence-electron chi connectivity index (χ0n) is 11.1. The molecule has 0 radical (unpaired) electrons. The molecule has 1 unspecified atom stereocenters. The van der Waals surface area contributed by atoms with Crippen molar-refractivity contribution >= 4 is 5.91 Å². The molecule has 0 heterocycles. The molecule has 0 fully saturated rings. The molecule has 1 amide bonds. The van der Waals surface area contributed by atoms with Gasteiger partial charge in [-0.05, 0) is 13.3 Å². The number of nitrogens with one attached hydrogen (secondary N) is 2. The van der Waals surface area contributed by atoms with E-state index in [4.69, 9.17) is 0 Å². The van der Waals surface area contributed by atoms with Crippen molar-refractivity contribution in [1.82, 2.24) is 10.6 Å². The molecule has 0 aliphatic heterocycles. The summed E-state index contributed by atoms with van der Waals surface area (Å²) in [6.07, 6.45) is 1.18. The molecular formula is C12H23F3N2O. The van der Waals surface area contributed by atoms with Crippen LogP contribution in [0.4, 0.5) is 13.2 Å². The second kappa shape index (κ2) is 9.19. The molecule has 0 aromatic carbocycles. The number of hydrogen-bond acceptors (Lipinski definition) is 2. The largest absolute Gasteiger partial charge is 0.405 e. The van der Waals surface area contributed by atoms with Gasteiger partial charge in [0.1, 0.15) is 6.54 Å². The van der Waals surface area contributed by atoms with Gasteiger partial charge in [-0.25, -0.2) is 0 Å². The van der Waals surface area contributed by atoms with Gasteiger partial charge in [0.25, 0.3) is 0 Å². The summed E-state index contributed by atoms with van der Waals surface area (Å²) in [6, 6.07) is 0.151. The maximum Gasteiger partial charge on any atom is 0.405 e. The lowest BCUT2D eigenvalue weighted by Gasteiger charge is -2.14. The molecule has 3 nitrogen and oxygen atoms in total. The van der Waals surface area contributed by atoms with Crippen molar-refractivity contribution in [2.75, 3.05) is 13.1 Å². The molecule has 0 saturated heterocycles. The monoisotopic (exact) mass is 268 g/mol. The van der Waals surface area contributed by atoms with E-state index in [1.165, 1.54) is 12.8 Å². The summed E-state index contributed by atoms with van der Waals surface area (Å²) in [4.78, 5) is 11.1. The zero-order valence-corrected chi connectivity index (χ0v) is 11.1. The molecule has 6 heteroatoms. The number of carbonyl (C=O) groups excluding carboxylic acids is 1. The first kappa shape index (κ1) is 17.2. The molecule has 0 bridgehead atoms. The van der Waals surface area contributed by atoms with Crippen molar-refractivity contribution in [2.45, 2.75) is 58.2 Å². The van der Waals surface area contributed by atoms with Gasteiger partial charge < -0.3 is 10.6 Å². The normalized spacial score (nSPS) is 13.4. The fraction of sp³-hybridized carbons (Fsp3) is 0.917. The molecular weight excluding hydrogens is 245 g/mol. The van der Waals surface area contributed by atoms with Gasteiger partial charge in [0.05, 0.1) is 6.54 Å². The summed E-state index contributed by atoms with van der Waals surface area (Å²) in [7, 11) is 0. The zero-order chi connectivity index (χ0) is 14.0. The van der Waals surface area contributed by atoms with Gasteiger partial charge in [-0.2, -0.15) is 13.2 Å². The standard InChI is InChI=1S/C12H23F3N2O/c1-3-4-5-6-7-10(2)16-8-11(18)17-9-12(13,14)15/h10,16H,3-9H2,1-2H3,(H,17,18). The van der Waals surface area contributed by atoms with Crippen LogP contribution in [-0.4, -0.2) is 31.2 Å².